The summed E-state index contributed by atoms with van der Waals surface area (Å²) >= 11 is 0. The zero-order valence-corrected chi connectivity index (χ0v) is 17.5. The van der Waals surface area contributed by atoms with Crippen LogP contribution >= 0.6 is 0 Å². The van der Waals surface area contributed by atoms with Crippen molar-refractivity contribution in [3.63, 3.8) is 0 Å². The highest BCUT2D eigenvalue weighted by Gasteiger charge is 2.18. The van der Waals surface area contributed by atoms with Crippen molar-refractivity contribution in [2.24, 2.45) is 0 Å². The number of rotatable bonds is 4. The van der Waals surface area contributed by atoms with Crippen molar-refractivity contribution >= 4 is 21.9 Å². The van der Waals surface area contributed by atoms with Crippen molar-refractivity contribution in [3.05, 3.63) is 89.4 Å². The van der Waals surface area contributed by atoms with Crippen molar-refractivity contribution in [2.75, 3.05) is 0 Å². The summed E-state index contributed by atoms with van der Waals surface area (Å²) in [6.07, 6.45) is 4.84. The second-order valence-electron chi connectivity index (χ2n) is 7.86. The van der Waals surface area contributed by atoms with Gasteiger partial charge in [0.05, 0.1) is 28.6 Å². The van der Waals surface area contributed by atoms with Gasteiger partial charge in [-0.25, -0.2) is 9.07 Å². The van der Waals surface area contributed by atoms with E-state index in [9.17, 15) is 5.21 Å². The van der Waals surface area contributed by atoms with E-state index in [-0.39, 0.29) is 6.54 Å². The molecule has 0 saturated carbocycles. The number of H-pyrrole nitrogens is 1. The van der Waals surface area contributed by atoms with Crippen molar-refractivity contribution in [2.45, 2.75) is 13.5 Å². The normalized spacial score (nSPS) is 11.6. The lowest BCUT2D eigenvalue weighted by atomic mass is 10.1. The van der Waals surface area contributed by atoms with Crippen LogP contribution in [0.3, 0.4) is 0 Å². The number of nitrogens with one attached hydrogen (secondary N) is 1. The van der Waals surface area contributed by atoms with Gasteiger partial charge in [-0.3, -0.25) is 9.78 Å². The predicted molar refractivity (Wildman–Crippen MR) is 119 cm³/mol. The van der Waals surface area contributed by atoms with E-state index in [1.807, 2.05) is 31.2 Å². The van der Waals surface area contributed by atoms with Crippen LogP contribution in [0.2, 0.25) is 0 Å². The Balaban J connectivity index is 1.45. The average Bonchev–Trinajstić information content (AvgIpc) is 3.54. The molecule has 4 aromatic heterocycles. The molecule has 33 heavy (non-hydrogen) atoms. The molecule has 0 atom stereocenters. The van der Waals surface area contributed by atoms with Gasteiger partial charge in [0.1, 0.15) is 17.9 Å². The Morgan fingerprint density at radius 2 is 2.03 bits per heavy atom. The molecule has 2 aromatic carbocycles. The zero-order chi connectivity index (χ0) is 22.5. The molecule has 0 aliphatic heterocycles. The second kappa shape index (κ2) is 7.23. The summed E-state index contributed by atoms with van der Waals surface area (Å²) in [5.41, 5.74) is 4.97. The quantitative estimate of drug-likeness (QED) is 0.335. The maximum absolute atomic E-state index is 15.1. The highest BCUT2D eigenvalue weighted by molar-refractivity contribution is 5.84. The summed E-state index contributed by atoms with van der Waals surface area (Å²) in [6.45, 7) is 2.06. The van der Waals surface area contributed by atoms with Crippen molar-refractivity contribution < 1.29 is 9.12 Å². The number of aryl methyl sites for hydroxylation is 1. The van der Waals surface area contributed by atoms with Crippen molar-refractivity contribution in [1.82, 2.24) is 35.0 Å². The monoisotopic (exact) mass is 440 g/mol. The first-order valence-electron chi connectivity index (χ1n) is 10.3. The molecule has 0 aliphatic rings. The van der Waals surface area contributed by atoms with Gasteiger partial charge < -0.3 is 5.21 Å². The molecule has 0 unspecified atom stereocenters. The molecule has 0 fully saturated rings. The first-order chi connectivity index (χ1) is 16.1. The first kappa shape index (κ1) is 19.1. The van der Waals surface area contributed by atoms with Gasteiger partial charge in [0.25, 0.3) is 0 Å². The van der Waals surface area contributed by atoms with E-state index in [1.165, 1.54) is 12.3 Å². The van der Waals surface area contributed by atoms with Gasteiger partial charge in [-0.15, -0.1) is 5.10 Å². The van der Waals surface area contributed by atoms with Crippen molar-refractivity contribution in [1.29, 1.82) is 0 Å². The number of halogens is 1. The molecule has 0 bridgehead atoms. The van der Waals surface area contributed by atoms with Gasteiger partial charge in [-0.2, -0.15) is 14.9 Å². The molecular weight excluding hydrogens is 423 g/mol. The Morgan fingerprint density at radius 3 is 2.91 bits per heavy atom. The van der Waals surface area contributed by atoms with E-state index in [2.05, 4.69) is 25.6 Å². The average molecular weight is 440 g/mol. The smallest absolute Gasteiger partial charge is 0.214 e. The summed E-state index contributed by atoms with van der Waals surface area (Å²) in [5, 5.41) is 32.9. The summed E-state index contributed by atoms with van der Waals surface area (Å²) < 4.78 is 19.2. The Hall–Kier alpha value is -4.60. The molecule has 0 saturated heterocycles. The van der Waals surface area contributed by atoms with Crippen LogP contribution in [0.4, 0.5) is 4.39 Å². The van der Waals surface area contributed by atoms with Crippen molar-refractivity contribution in [3.8, 4) is 16.9 Å². The summed E-state index contributed by atoms with van der Waals surface area (Å²) in [4.78, 5) is 0. The maximum atomic E-state index is 15.1. The van der Waals surface area contributed by atoms with E-state index >= 15 is 4.39 Å². The minimum Gasteiger partial charge on any atom is -0.618 e. The second-order valence-corrected chi connectivity index (χ2v) is 7.86. The van der Waals surface area contributed by atoms with Crippen LogP contribution < -0.4 is 4.73 Å². The summed E-state index contributed by atoms with van der Waals surface area (Å²) in [6, 6.07) is 14.1. The van der Waals surface area contributed by atoms with Crippen LogP contribution in [0, 0.1) is 17.9 Å². The van der Waals surface area contributed by atoms with Gasteiger partial charge in [-0.1, -0.05) is 5.21 Å². The molecule has 1 N–H and O–H groups in total. The van der Waals surface area contributed by atoms with Crippen LogP contribution in [0.1, 0.15) is 11.3 Å². The summed E-state index contributed by atoms with van der Waals surface area (Å²) in [5.74, 6) is -0.445. The van der Waals surface area contributed by atoms with Crippen LogP contribution in [0.5, 0.6) is 0 Å². The topological polar surface area (TPSA) is 104 Å². The molecule has 0 amide bonds. The van der Waals surface area contributed by atoms with E-state index in [1.54, 1.807) is 40.0 Å². The third-order valence-electron chi connectivity index (χ3n) is 5.65. The van der Waals surface area contributed by atoms with Gasteiger partial charge in [0.15, 0.2) is 6.20 Å². The SMILES string of the molecule is Cc1ccc(Cn2nccc2-c2cc3c(cc2F)nnn3-c2ccc3cn[nH]c3c2)[n+]([O-])c1. The molecule has 9 nitrogen and oxygen atoms in total. The highest BCUT2D eigenvalue weighted by atomic mass is 19.1. The van der Waals surface area contributed by atoms with Gasteiger partial charge >= 0.3 is 0 Å². The molecule has 0 spiro atoms. The third kappa shape index (κ3) is 3.19. The zero-order valence-electron chi connectivity index (χ0n) is 17.5. The van der Waals surface area contributed by atoms with E-state index in [4.69, 9.17) is 0 Å². The molecule has 10 heteroatoms. The number of aromatic nitrogens is 8. The standard InChI is InChI=1S/C23H17FN8O/c1-14-2-4-17(31(33)12-14)13-30-22(6-7-26-30)18-9-23-21(10-19(18)24)28-29-32(23)16-5-3-15-11-25-27-20(15)8-16/h2-12H,13H2,1H3,(H,25,27). The van der Waals surface area contributed by atoms with Gasteiger partial charge in [-0.05, 0) is 43.3 Å². The minimum absolute atomic E-state index is 0.206. The number of nitrogens with zero attached hydrogens (tertiary/aromatic N) is 7. The Kier molecular flexibility index (Phi) is 4.19. The third-order valence-corrected chi connectivity index (χ3v) is 5.65. The molecule has 6 aromatic rings. The Morgan fingerprint density at radius 1 is 1.12 bits per heavy atom. The van der Waals surface area contributed by atoms with Gasteiger partial charge in [0, 0.05) is 34.8 Å². The van der Waals surface area contributed by atoms with Crippen LogP contribution in [-0.4, -0.2) is 35.0 Å². The number of hydrogen-bond acceptors (Lipinski definition) is 5. The largest absolute Gasteiger partial charge is 0.618 e. The first-order valence-corrected chi connectivity index (χ1v) is 10.3. The van der Waals surface area contributed by atoms with Crippen LogP contribution in [0.15, 0.2) is 67.1 Å². The van der Waals surface area contributed by atoms with Gasteiger partial charge in [0.2, 0.25) is 5.69 Å². The minimum atomic E-state index is -0.445. The van der Waals surface area contributed by atoms with E-state index < -0.39 is 5.82 Å². The highest BCUT2D eigenvalue weighted by Crippen LogP contribution is 2.29. The molecule has 6 rings (SSSR count). The molecular formula is C23H17FN8O. The molecule has 162 valence electrons. The lowest BCUT2D eigenvalue weighted by molar-refractivity contribution is -0.614. The molecule has 4 heterocycles. The Bertz CT molecular complexity index is 1650. The lowest BCUT2D eigenvalue weighted by Crippen LogP contribution is -2.33. The summed E-state index contributed by atoms with van der Waals surface area (Å²) in [7, 11) is 0. The predicted octanol–water partition coefficient (Wildman–Crippen LogP) is 3.29. The van der Waals surface area contributed by atoms with E-state index in [0.29, 0.717) is 28.0 Å². The Labute approximate surface area is 186 Å². The molecule has 0 radical (unpaired) electrons. The van der Waals surface area contributed by atoms with Crippen LogP contribution in [0.25, 0.3) is 38.9 Å². The molecule has 0 aliphatic carbocycles. The number of hydrogen-bond donors (Lipinski definition) is 1. The number of benzene rings is 2. The fourth-order valence-electron chi connectivity index (χ4n) is 3.96. The lowest BCUT2D eigenvalue weighted by Gasteiger charge is -2.10. The fourth-order valence-corrected chi connectivity index (χ4v) is 3.96. The number of aromatic amines is 1. The van der Waals surface area contributed by atoms with Crippen LogP contribution in [-0.2, 0) is 6.54 Å². The fraction of sp³-hybridized carbons (Fsp3) is 0.0870. The number of pyridine rings is 1. The number of fused-ring (bicyclic) bond motifs is 2. The van der Waals surface area contributed by atoms with E-state index in [0.717, 1.165) is 26.9 Å². The maximum Gasteiger partial charge on any atom is 0.214 e.